The number of aliphatic hydroxyl groups is 2. The van der Waals surface area contributed by atoms with Crippen LogP contribution in [-0.2, 0) is 27.5 Å². The van der Waals surface area contributed by atoms with Crippen molar-refractivity contribution in [3.8, 4) is 28.7 Å². The van der Waals surface area contributed by atoms with Crippen LogP contribution < -0.4 is 18.9 Å². The largest absolute Gasteiger partial charge is 0.459 e. The van der Waals surface area contributed by atoms with Crippen LogP contribution in [0.25, 0.3) is 6.08 Å². The minimum Gasteiger partial charge on any atom is -0.459 e. The molecule has 15 heteroatoms. The van der Waals surface area contributed by atoms with Crippen molar-refractivity contribution in [1.82, 2.24) is 4.90 Å². The van der Waals surface area contributed by atoms with Gasteiger partial charge in [-0.05, 0) is 120 Å². The maximum absolute atomic E-state index is 15.4. The molecule has 0 saturated heterocycles. The minimum absolute atomic E-state index is 0.0229. The third kappa shape index (κ3) is 11.2. The molecule has 15 nitrogen and oxygen atoms in total. The molecule has 378 valence electrons. The van der Waals surface area contributed by atoms with Crippen molar-refractivity contribution in [2.24, 2.45) is 22.9 Å². The lowest BCUT2D eigenvalue weighted by Gasteiger charge is -2.60. The first-order chi connectivity index (χ1) is 35.7. The molecule has 1 fully saturated rings. The highest BCUT2D eigenvalue weighted by atomic mass is 16.7. The summed E-state index contributed by atoms with van der Waals surface area (Å²) in [5.41, 5.74) is 4.96. The number of rotatable bonds is 23. The Hall–Kier alpha value is -7.59. The summed E-state index contributed by atoms with van der Waals surface area (Å²) >= 11 is 0. The van der Waals surface area contributed by atoms with E-state index in [9.17, 15) is 25.1 Å². The number of benzene rings is 5. The first-order valence-electron chi connectivity index (χ1n) is 24.8. The molecule has 0 spiro atoms. The lowest BCUT2D eigenvalue weighted by molar-refractivity contribution is -0.384. The van der Waals surface area contributed by atoms with E-state index in [0.717, 1.165) is 54.2 Å². The number of fused-ring (bicyclic) bond motifs is 3. The van der Waals surface area contributed by atoms with Crippen molar-refractivity contribution in [2.45, 2.75) is 75.8 Å². The molecule has 0 radical (unpaired) electrons. The number of aldehydes is 1. The summed E-state index contributed by atoms with van der Waals surface area (Å²) in [6, 6.07) is 33.0. The molecule has 0 aromatic heterocycles. The maximum Gasteiger partial charge on any atom is 0.269 e. The van der Waals surface area contributed by atoms with Gasteiger partial charge in [-0.15, -0.1) is 6.58 Å². The molecule has 6 atom stereocenters. The van der Waals surface area contributed by atoms with Gasteiger partial charge in [-0.25, -0.2) is 0 Å². The summed E-state index contributed by atoms with van der Waals surface area (Å²) in [7, 11) is 0. The van der Waals surface area contributed by atoms with Crippen LogP contribution in [0.15, 0.2) is 151 Å². The van der Waals surface area contributed by atoms with Crippen molar-refractivity contribution >= 4 is 29.7 Å². The van der Waals surface area contributed by atoms with Crippen LogP contribution in [0.3, 0.4) is 0 Å². The quantitative estimate of drug-likeness (QED) is 0.0158. The van der Waals surface area contributed by atoms with Gasteiger partial charge in [0.15, 0.2) is 11.5 Å². The average molecular weight is 990 g/mol. The standard InChI is InChI=1S/C58H59N3O12/c1-2-29-70-58-54(60(35-41-19-24-52-53(31-41)69-38-68-52)55(65)26-20-39-17-21-44(22-18-39)61(66)67)34-50(59-71-37-40-11-4-3-5-12-40)48-32-43(14-6-8-27-62)47(16-7-9-28-63)56(57(48)58)49-33-46(23-25-51(49)73-58)72-45-15-10-13-42(30-45)36-64/h2-5,10-13,15,17-26,30-33,36,43,47,54,56-57,62-63H,1,6-9,14,16,27-29,34-35,37-38H2. The zero-order valence-electron chi connectivity index (χ0n) is 40.5. The highest BCUT2D eigenvalue weighted by Gasteiger charge is 2.65. The number of amides is 1. The van der Waals surface area contributed by atoms with E-state index in [1.54, 1.807) is 53.5 Å². The molecule has 1 saturated carbocycles. The Morgan fingerprint density at radius 1 is 0.849 bits per heavy atom. The van der Waals surface area contributed by atoms with E-state index >= 15 is 4.79 Å². The highest BCUT2D eigenvalue weighted by Crippen LogP contribution is 2.62. The van der Waals surface area contributed by atoms with Crippen molar-refractivity contribution < 1.29 is 53.2 Å². The topological polar surface area (TPSA) is 189 Å². The van der Waals surface area contributed by atoms with E-state index in [2.05, 4.69) is 12.7 Å². The number of nitro benzene ring substituents is 1. The summed E-state index contributed by atoms with van der Waals surface area (Å²) in [4.78, 5) is 46.3. The van der Waals surface area contributed by atoms with Gasteiger partial charge in [0.2, 0.25) is 18.5 Å². The van der Waals surface area contributed by atoms with E-state index in [4.69, 9.17) is 33.7 Å². The lowest BCUT2D eigenvalue weighted by atomic mass is 9.55. The van der Waals surface area contributed by atoms with Gasteiger partial charge in [-0.3, -0.25) is 19.7 Å². The smallest absolute Gasteiger partial charge is 0.269 e. The summed E-state index contributed by atoms with van der Waals surface area (Å²) in [5.74, 6) is -0.380. The van der Waals surface area contributed by atoms with Crippen molar-refractivity contribution in [3.63, 3.8) is 0 Å². The van der Waals surface area contributed by atoms with Crippen LogP contribution in [0.1, 0.15) is 83.5 Å². The second-order valence-corrected chi connectivity index (χ2v) is 18.7. The normalized spacial score (nSPS) is 21.9. The highest BCUT2D eigenvalue weighted by molar-refractivity contribution is 6.03. The van der Waals surface area contributed by atoms with E-state index in [1.165, 1.54) is 18.2 Å². The molecule has 4 aliphatic rings. The number of nitrogens with zero attached hydrogens (tertiary/aromatic N) is 3. The van der Waals surface area contributed by atoms with Crippen LogP contribution in [0, 0.1) is 27.9 Å². The third-order valence-corrected chi connectivity index (χ3v) is 14.1. The molecule has 9 rings (SSSR count). The van der Waals surface area contributed by atoms with Gasteiger partial charge in [0, 0.05) is 61.4 Å². The number of aliphatic hydroxyl groups excluding tert-OH is 2. The summed E-state index contributed by atoms with van der Waals surface area (Å²) in [5, 5.41) is 36.7. The van der Waals surface area contributed by atoms with Crippen LogP contribution in [0.4, 0.5) is 5.69 Å². The molecule has 2 aliphatic heterocycles. The Balaban J connectivity index is 1.24. The number of ether oxygens (including phenoxy) is 5. The fourth-order valence-electron chi connectivity index (χ4n) is 10.8. The SMILES string of the molecule is C=CCOC12Oc3ccc(Oc4cccc(C=O)c4)cc3C3C(CCCCO)C(CCCCO)C=C(C(=NOCc4ccccc4)CC1N(Cc1ccc4c(c1)OCO4)C(=O)C=Cc1ccc([N+](=O)[O-])cc1)C32. The number of unbranched alkanes of at least 4 members (excludes halogenated alkanes) is 2. The molecule has 6 unspecified atom stereocenters. The first kappa shape index (κ1) is 50.4. The molecule has 73 heavy (non-hydrogen) atoms. The molecule has 5 aromatic rings. The molecule has 2 aliphatic carbocycles. The Bertz CT molecular complexity index is 2870. The number of carbonyl (C=O) groups excluding carboxylic acids is 2. The summed E-state index contributed by atoms with van der Waals surface area (Å²) in [6.45, 7) is 4.51. The first-order valence-corrected chi connectivity index (χ1v) is 24.8. The zero-order chi connectivity index (χ0) is 50.7. The number of non-ortho nitro benzene ring substituents is 1. The molecule has 5 aromatic carbocycles. The Morgan fingerprint density at radius 2 is 1.62 bits per heavy atom. The number of nitro groups is 1. The van der Waals surface area contributed by atoms with Crippen LogP contribution in [0.2, 0.25) is 0 Å². The van der Waals surface area contributed by atoms with Crippen LogP contribution in [-0.4, -0.2) is 76.4 Å². The van der Waals surface area contributed by atoms with Crippen molar-refractivity contribution in [2.75, 3.05) is 26.6 Å². The van der Waals surface area contributed by atoms with E-state index < -0.39 is 28.6 Å². The Kier molecular flexibility index (Phi) is 16.1. The van der Waals surface area contributed by atoms with E-state index in [1.807, 2.05) is 66.7 Å². The summed E-state index contributed by atoms with van der Waals surface area (Å²) < 4.78 is 32.7. The Morgan fingerprint density at radius 3 is 2.38 bits per heavy atom. The Labute approximate surface area is 424 Å². The average Bonchev–Trinajstić information content (AvgIpc) is 3.90. The fourth-order valence-corrected chi connectivity index (χ4v) is 10.8. The van der Waals surface area contributed by atoms with Gasteiger partial charge in [0.05, 0.1) is 23.2 Å². The van der Waals surface area contributed by atoms with Gasteiger partial charge >= 0.3 is 0 Å². The second kappa shape index (κ2) is 23.3. The monoisotopic (exact) mass is 989 g/mol. The van der Waals surface area contributed by atoms with Gasteiger partial charge in [-0.2, -0.15) is 0 Å². The van der Waals surface area contributed by atoms with Crippen molar-refractivity contribution in [3.05, 3.63) is 184 Å². The van der Waals surface area contributed by atoms with E-state index in [-0.39, 0.29) is 69.6 Å². The van der Waals surface area contributed by atoms with Gasteiger partial charge in [-0.1, -0.05) is 78.7 Å². The number of oxime groups is 1. The number of allylic oxidation sites excluding steroid dienone is 1. The maximum atomic E-state index is 15.4. The second-order valence-electron chi connectivity index (χ2n) is 18.7. The molecular formula is C58H59N3O12. The summed E-state index contributed by atoms with van der Waals surface area (Å²) in [6.07, 6.45) is 12.1. The molecule has 1 amide bonds. The lowest BCUT2D eigenvalue weighted by Crippen LogP contribution is -2.70. The van der Waals surface area contributed by atoms with Gasteiger partial charge < -0.3 is 43.6 Å². The predicted octanol–water partition coefficient (Wildman–Crippen LogP) is 10.5. The molecule has 0 bridgehead atoms. The van der Waals surface area contributed by atoms with Gasteiger partial charge in [0.25, 0.3) is 5.69 Å². The molecule has 2 N–H and O–H groups in total. The van der Waals surface area contributed by atoms with Crippen LogP contribution in [0.5, 0.6) is 28.7 Å². The predicted molar refractivity (Wildman–Crippen MR) is 273 cm³/mol. The fraction of sp³-hybridized carbons (Fsp3) is 0.328. The van der Waals surface area contributed by atoms with Crippen LogP contribution >= 0.6 is 0 Å². The van der Waals surface area contributed by atoms with Gasteiger partial charge in [0.1, 0.15) is 36.2 Å². The van der Waals surface area contributed by atoms with Crippen molar-refractivity contribution in [1.29, 1.82) is 0 Å². The number of carbonyl (C=O) groups is 2. The zero-order valence-corrected chi connectivity index (χ0v) is 40.5. The van der Waals surface area contributed by atoms with E-state index in [0.29, 0.717) is 58.4 Å². The number of hydrogen-bond acceptors (Lipinski definition) is 13. The molecular weight excluding hydrogens is 931 g/mol. The molecule has 2 heterocycles. The minimum atomic E-state index is -1.59. The third-order valence-electron chi connectivity index (χ3n) is 14.1. The number of hydrogen-bond donors (Lipinski definition) is 2.